The third-order valence-electron chi connectivity index (χ3n) is 4.94. The summed E-state index contributed by atoms with van der Waals surface area (Å²) in [4.78, 5) is 14.7. The Labute approximate surface area is 169 Å². The second kappa shape index (κ2) is 8.18. The Kier molecular flexibility index (Phi) is 5.29. The topological polar surface area (TPSA) is 76.6 Å². The molecule has 7 heteroatoms. The van der Waals surface area contributed by atoms with Gasteiger partial charge in [-0.2, -0.15) is 0 Å². The Morgan fingerprint density at radius 1 is 0.966 bits per heavy atom. The van der Waals surface area contributed by atoms with Crippen molar-refractivity contribution in [2.75, 3.05) is 26.1 Å². The number of nitrogens with zero attached hydrogens (tertiary/aromatic N) is 3. The van der Waals surface area contributed by atoms with Crippen molar-refractivity contribution in [2.24, 2.45) is 0 Å². The third-order valence-corrected chi connectivity index (χ3v) is 4.94. The van der Waals surface area contributed by atoms with Crippen LogP contribution in [-0.4, -0.2) is 41.8 Å². The van der Waals surface area contributed by atoms with Gasteiger partial charge in [0.1, 0.15) is 0 Å². The van der Waals surface area contributed by atoms with E-state index in [1.165, 1.54) is 5.56 Å². The molecule has 0 bridgehead atoms. The summed E-state index contributed by atoms with van der Waals surface area (Å²) in [5, 5.41) is 11.4. The highest BCUT2D eigenvalue weighted by Gasteiger charge is 2.24. The van der Waals surface area contributed by atoms with Crippen LogP contribution in [0.25, 0.3) is 0 Å². The van der Waals surface area contributed by atoms with Gasteiger partial charge in [-0.05, 0) is 53.9 Å². The van der Waals surface area contributed by atoms with E-state index in [2.05, 4.69) is 15.5 Å². The molecule has 1 aromatic heterocycles. The molecule has 1 aliphatic heterocycles. The SMILES string of the molecule is COc1cc2c(cc1OC)CN(C(=O)c1ccc(Nc3ccccc3)nn1)CC2. The first-order chi connectivity index (χ1) is 14.2. The maximum Gasteiger partial charge on any atom is 0.274 e. The van der Waals surface area contributed by atoms with Crippen molar-refractivity contribution >= 4 is 17.4 Å². The largest absolute Gasteiger partial charge is 0.493 e. The first-order valence-corrected chi connectivity index (χ1v) is 9.37. The smallest absolute Gasteiger partial charge is 0.274 e. The number of para-hydroxylation sites is 1. The number of carbonyl (C=O) groups excluding carboxylic acids is 1. The van der Waals surface area contributed by atoms with E-state index in [0.717, 1.165) is 17.7 Å². The van der Waals surface area contributed by atoms with Gasteiger partial charge in [-0.1, -0.05) is 18.2 Å². The molecule has 0 spiro atoms. The van der Waals surface area contributed by atoms with E-state index in [9.17, 15) is 4.79 Å². The van der Waals surface area contributed by atoms with E-state index in [-0.39, 0.29) is 5.91 Å². The monoisotopic (exact) mass is 390 g/mol. The molecular formula is C22H22N4O3. The zero-order valence-corrected chi connectivity index (χ0v) is 16.4. The average molecular weight is 390 g/mol. The number of methoxy groups -OCH3 is 2. The number of hydrogen-bond acceptors (Lipinski definition) is 6. The number of fused-ring (bicyclic) bond motifs is 1. The van der Waals surface area contributed by atoms with Gasteiger partial charge in [0.05, 0.1) is 14.2 Å². The molecule has 0 aliphatic carbocycles. The number of nitrogens with one attached hydrogen (secondary N) is 1. The Morgan fingerprint density at radius 2 is 1.69 bits per heavy atom. The lowest BCUT2D eigenvalue weighted by molar-refractivity contribution is 0.0727. The molecule has 0 saturated heterocycles. The fourth-order valence-corrected chi connectivity index (χ4v) is 3.40. The first-order valence-electron chi connectivity index (χ1n) is 9.37. The second-order valence-electron chi connectivity index (χ2n) is 6.75. The minimum absolute atomic E-state index is 0.135. The Hall–Kier alpha value is -3.61. The van der Waals surface area contributed by atoms with Crippen LogP contribution in [0.3, 0.4) is 0 Å². The standard InChI is InChI=1S/C22H22N4O3/c1-28-19-12-15-10-11-26(14-16(15)13-20(19)29-2)22(27)18-8-9-21(25-24-18)23-17-6-4-3-5-7-17/h3-9,12-13H,10-11,14H2,1-2H3,(H,23,25). The average Bonchev–Trinajstić information content (AvgIpc) is 2.78. The van der Waals surface area contributed by atoms with E-state index in [4.69, 9.17) is 9.47 Å². The number of rotatable bonds is 5. The van der Waals surface area contributed by atoms with Crippen LogP contribution in [0.2, 0.25) is 0 Å². The van der Waals surface area contributed by atoms with Crippen LogP contribution in [0.5, 0.6) is 11.5 Å². The molecular weight excluding hydrogens is 368 g/mol. The quantitative estimate of drug-likeness (QED) is 0.719. The lowest BCUT2D eigenvalue weighted by atomic mass is 9.98. The molecule has 7 nitrogen and oxygen atoms in total. The van der Waals surface area contributed by atoms with Crippen molar-refractivity contribution in [3.05, 3.63) is 71.4 Å². The maximum absolute atomic E-state index is 12.9. The lowest BCUT2D eigenvalue weighted by Gasteiger charge is -2.29. The summed E-state index contributed by atoms with van der Waals surface area (Å²) >= 11 is 0. The molecule has 29 heavy (non-hydrogen) atoms. The Bertz CT molecular complexity index is 1010. The summed E-state index contributed by atoms with van der Waals surface area (Å²) in [6, 6.07) is 17.1. The van der Waals surface area contributed by atoms with Crippen LogP contribution in [0.4, 0.5) is 11.5 Å². The van der Waals surface area contributed by atoms with E-state index >= 15 is 0 Å². The highest BCUT2D eigenvalue weighted by Crippen LogP contribution is 2.33. The van der Waals surface area contributed by atoms with E-state index in [0.29, 0.717) is 36.1 Å². The minimum Gasteiger partial charge on any atom is -0.493 e. The summed E-state index contributed by atoms with van der Waals surface area (Å²) in [7, 11) is 3.23. The predicted molar refractivity (Wildman–Crippen MR) is 110 cm³/mol. The van der Waals surface area contributed by atoms with Crippen molar-refractivity contribution in [2.45, 2.75) is 13.0 Å². The Morgan fingerprint density at radius 3 is 2.34 bits per heavy atom. The molecule has 0 atom stereocenters. The fourth-order valence-electron chi connectivity index (χ4n) is 3.40. The van der Waals surface area contributed by atoms with Crippen molar-refractivity contribution < 1.29 is 14.3 Å². The van der Waals surface area contributed by atoms with Crippen LogP contribution in [0.15, 0.2) is 54.6 Å². The summed E-state index contributed by atoms with van der Waals surface area (Å²) in [5.74, 6) is 1.83. The lowest BCUT2D eigenvalue weighted by Crippen LogP contribution is -2.36. The second-order valence-corrected chi connectivity index (χ2v) is 6.75. The van der Waals surface area contributed by atoms with Gasteiger partial charge < -0.3 is 19.7 Å². The van der Waals surface area contributed by atoms with Gasteiger partial charge in [0.2, 0.25) is 0 Å². The molecule has 2 heterocycles. The van der Waals surface area contributed by atoms with E-state index in [1.54, 1.807) is 31.3 Å². The number of benzene rings is 2. The van der Waals surface area contributed by atoms with Crippen molar-refractivity contribution in [1.29, 1.82) is 0 Å². The molecule has 1 aliphatic rings. The summed E-state index contributed by atoms with van der Waals surface area (Å²) in [5.41, 5.74) is 3.46. The van der Waals surface area contributed by atoms with Crippen molar-refractivity contribution in [1.82, 2.24) is 15.1 Å². The highest BCUT2D eigenvalue weighted by atomic mass is 16.5. The van der Waals surface area contributed by atoms with Gasteiger partial charge in [0, 0.05) is 18.8 Å². The van der Waals surface area contributed by atoms with Gasteiger partial charge in [0.15, 0.2) is 23.0 Å². The van der Waals surface area contributed by atoms with Crippen LogP contribution >= 0.6 is 0 Å². The van der Waals surface area contributed by atoms with Gasteiger partial charge in [-0.3, -0.25) is 4.79 Å². The number of anilines is 2. The van der Waals surface area contributed by atoms with Gasteiger partial charge in [-0.25, -0.2) is 0 Å². The molecule has 0 fully saturated rings. The van der Waals surface area contributed by atoms with Crippen LogP contribution in [0.1, 0.15) is 21.6 Å². The first kappa shape index (κ1) is 18.7. The van der Waals surface area contributed by atoms with Gasteiger partial charge in [-0.15, -0.1) is 10.2 Å². The number of aromatic nitrogens is 2. The van der Waals surface area contributed by atoms with Gasteiger partial charge >= 0.3 is 0 Å². The molecule has 148 valence electrons. The van der Waals surface area contributed by atoms with Crippen molar-refractivity contribution in [3.8, 4) is 11.5 Å². The minimum atomic E-state index is -0.135. The predicted octanol–water partition coefficient (Wildman–Crippen LogP) is 3.44. The van der Waals surface area contributed by atoms with E-state index in [1.807, 2.05) is 42.5 Å². The molecule has 0 radical (unpaired) electrons. The van der Waals surface area contributed by atoms with E-state index < -0.39 is 0 Å². The van der Waals surface area contributed by atoms with Gasteiger partial charge in [0.25, 0.3) is 5.91 Å². The Balaban J connectivity index is 1.47. The molecule has 1 amide bonds. The number of hydrogen-bond donors (Lipinski definition) is 1. The molecule has 1 N–H and O–H groups in total. The van der Waals surface area contributed by atoms with Crippen LogP contribution in [0, 0.1) is 0 Å². The number of amides is 1. The molecule has 0 saturated carbocycles. The normalized spacial score (nSPS) is 12.8. The zero-order chi connectivity index (χ0) is 20.2. The van der Waals surface area contributed by atoms with Crippen LogP contribution < -0.4 is 14.8 Å². The summed E-state index contributed by atoms with van der Waals surface area (Å²) < 4.78 is 10.8. The maximum atomic E-state index is 12.9. The summed E-state index contributed by atoms with van der Waals surface area (Å²) in [6.07, 6.45) is 0.752. The van der Waals surface area contributed by atoms with Crippen molar-refractivity contribution in [3.63, 3.8) is 0 Å². The zero-order valence-electron chi connectivity index (χ0n) is 16.4. The highest BCUT2D eigenvalue weighted by molar-refractivity contribution is 5.92. The fraction of sp³-hybridized carbons (Fsp3) is 0.227. The molecule has 2 aromatic carbocycles. The molecule has 3 aromatic rings. The van der Waals surface area contributed by atoms with Crippen LogP contribution in [-0.2, 0) is 13.0 Å². The summed E-state index contributed by atoms with van der Waals surface area (Å²) in [6.45, 7) is 1.12. The third kappa shape index (κ3) is 3.99. The molecule has 4 rings (SSSR count). The number of carbonyl (C=O) groups is 1. The molecule has 0 unspecified atom stereocenters. The number of ether oxygens (including phenoxy) is 2.